The zero-order valence-electron chi connectivity index (χ0n) is 21.0. The van der Waals surface area contributed by atoms with Crippen LogP contribution in [0.15, 0.2) is 11.6 Å². The molecule has 5 aliphatic rings. The number of carboxylic acids is 1. The van der Waals surface area contributed by atoms with Crippen molar-refractivity contribution in [1.82, 2.24) is 0 Å². The SMILES string of the molecule is CC1[C@@H](C)CCC2(C)C3CC=C4C5C[C@H](C)CC[C@]5(C(=O)O)CC[C@@]4(C)[C@@]3(C)CC[C@@H]12. The van der Waals surface area contributed by atoms with E-state index in [1.54, 1.807) is 5.57 Å². The van der Waals surface area contributed by atoms with Crippen molar-refractivity contribution < 1.29 is 9.90 Å². The first-order valence-corrected chi connectivity index (χ1v) is 13.4. The lowest BCUT2D eigenvalue weighted by molar-refractivity contribution is -0.180. The van der Waals surface area contributed by atoms with Gasteiger partial charge in [0.25, 0.3) is 0 Å². The smallest absolute Gasteiger partial charge is 0.310 e. The molecule has 2 nitrogen and oxygen atoms in total. The molecule has 5 rings (SSSR count). The molecule has 0 radical (unpaired) electrons. The lowest BCUT2D eigenvalue weighted by Gasteiger charge is -2.70. The number of carbonyl (C=O) groups is 1. The van der Waals surface area contributed by atoms with Crippen molar-refractivity contribution in [2.24, 2.45) is 57.2 Å². The number of hydrogen-bond acceptors (Lipinski definition) is 1. The zero-order valence-corrected chi connectivity index (χ0v) is 21.0. The molecule has 1 N–H and O–H groups in total. The molecule has 31 heavy (non-hydrogen) atoms. The van der Waals surface area contributed by atoms with E-state index in [4.69, 9.17) is 0 Å². The summed E-state index contributed by atoms with van der Waals surface area (Å²) in [5.41, 5.74) is 2.03. The Kier molecular flexibility index (Phi) is 4.87. The number of aliphatic carboxylic acids is 1. The van der Waals surface area contributed by atoms with Crippen LogP contribution in [0.4, 0.5) is 0 Å². The van der Waals surface area contributed by atoms with Crippen molar-refractivity contribution in [1.29, 1.82) is 0 Å². The normalized spacial score (nSPS) is 56.4. The van der Waals surface area contributed by atoms with Crippen LogP contribution >= 0.6 is 0 Å². The average Bonchev–Trinajstić information content (AvgIpc) is 2.71. The molecule has 0 aliphatic heterocycles. The van der Waals surface area contributed by atoms with Crippen LogP contribution in [0, 0.1) is 57.2 Å². The van der Waals surface area contributed by atoms with E-state index in [2.05, 4.69) is 47.6 Å². The van der Waals surface area contributed by atoms with Gasteiger partial charge in [-0.1, -0.05) is 53.2 Å². The van der Waals surface area contributed by atoms with E-state index in [9.17, 15) is 9.90 Å². The first kappa shape index (κ1) is 22.0. The maximum Gasteiger partial charge on any atom is 0.310 e. The van der Waals surface area contributed by atoms with Gasteiger partial charge in [0.2, 0.25) is 0 Å². The largest absolute Gasteiger partial charge is 0.481 e. The van der Waals surface area contributed by atoms with Crippen molar-refractivity contribution in [2.75, 3.05) is 0 Å². The molecule has 0 aromatic heterocycles. The van der Waals surface area contributed by atoms with Crippen LogP contribution in [0.5, 0.6) is 0 Å². The molecule has 0 amide bonds. The first-order valence-electron chi connectivity index (χ1n) is 13.4. The molecular weight excluding hydrogens is 380 g/mol. The fourth-order valence-corrected chi connectivity index (χ4v) is 10.3. The lowest BCUT2D eigenvalue weighted by Crippen LogP contribution is -2.63. The Morgan fingerprint density at radius 3 is 2.42 bits per heavy atom. The molecule has 0 aromatic rings. The van der Waals surface area contributed by atoms with Crippen LogP contribution in [-0.4, -0.2) is 11.1 Å². The van der Waals surface area contributed by atoms with Gasteiger partial charge in [-0.05, 0) is 116 Å². The summed E-state index contributed by atoms with van der Waals surface area (Å²) in [6, 6.07) is 0. The molecule has 0 bridgehead atoms. The second-order valence-corrected chi connectivity index (χ2v) is 13.6. The summed E-state index contributed by atoms with van der Waals surface area (Å²) in [6.07, 6.45) is 14.3. The van der Waals surface area contributed by atoms with Gasteiger partial charge < -0.3 is 5.11 Å². The van der Waals surface area contributed by atoms with Crippen molar-refractivity contribution >= 4 is 5.97 Å². The minimum absolute atomic E-state index is 0.177. The van der Waals surface area contributed by atoms with Gasteiger partial charge in [0.15, 0.2) is 0 Å². The second-order valence-electron chi connectivity index (χ2n) is 13.6. The average molecular weight is 427 g/mol. The van der Waals surface area contributed by atoms with Crippen molar-refractivity contribution in [3.05, 3.63) is 11.6 Å². The number of fused-ring (bicyclic) bond motifs is 7. The number of allylic oxidation sites excluding steroid dienone is 2. The van der Waals surface area contributed by atoms with Crippen LogP contribution in [0.25, 0.3) is 0 Å². The van der Waals surface area contributed by atoms with Crippen LogP contribution < -0.4 is 0 Å². The molecule has 0 heterocycles. The summed E-state index contributed by atoms with van der Waals surface area (Å²) in [7, 11) is 0. The summed E-state index contributed by atoms with van der Waals surface area (Å²) in [6.45, 7) is 15.2. The Hall–Kier alpha value is -0.790. The summed E-state index contributed by atoms with van der Waals surface area (Å²) in [5, 5.41) is 10.4. The van der Waals surface area contributed by atoms with E-state index >= 15 is 0 Å². The lowest BCUT2D eigenvalue weighted by atomic mass is 9.34. The van der Waals surface area contributed by atoms with Crippen LogP contribution in [0.2, 0.25) is 0 Å². The fourth-order valence-electron chi connectivity index (χ4n) is 10.3. The summed E-state index contributed by atoms with van der Waals surface area (Å²) >= 11 is 0. The molecule has 0 spiro atoms. The Morgan fingerprint density at radius 1 is 0.968 bits per heavy atom. The third kappa shape index (κ3) is 2.66. The van der Waals surface area contributed by atoms with E-state index in [-0.39, 0.29) is 11.3 Å². The minimum Gasteiger partial charge on any atom is -0.481 e. The quantitative estimate of drug-likeness (QED) is 0.436. The molecule has 5 aliphatic carbocycles. The number of hydrogen-bond donors (Lipinski definition) is 1. The van der Waals surface area contributed by atoms with Gasteiger partial charge in [-0.3, -0.25) is 4.79 Å². The minimum atomic E-state index is -0.509. The first-order chi connectivity index (χ1) is 14.5. The van der Waals surface area contributed by atoms with Crippen LogP contribution in [0.1, 0.15) is 106 Å². The Morgan fingerprint density at radius 2 is 1.71 bits per heavy atom. The molecule has 4 saturated carbocycles. The van der Waals surface area contributed by atoms with E-state index in [1.807, 2.05) is 0 Å². The number of carboxylic acid groups (broad SMARTS) is 1. The summed E-state index contributed by atoms with van der Waals surface area (Å²) in [4.78, 5) is 12.6. The van der Waals surface area contributed by atoms with Crippen molar-refractivity contribution in [2.45, 2.75) is 106 Å². The van der Waals surface area contributed by atoms with E-state index in [0.29, 0.717) is 16.7 Å². The maximum absolute atomic E-state index is 12.6. The highest BCUT2D eigenvalue weighted by atomic mass is 16.4. The molecule has 0 saturated heterocycles. The Balaban J connectivity index is 1.58. The standard InChI is InChI=1S/C29H46O2/c1-18-9-14-29(25(30)31)16-15-27(5)22(23(29)17-18)7-8-24-26(4)12-10-19(2)20(3)21(26)11-13-28(24,27)6/h7,18-21,23-24H,8-17H2,1-6H3,(H,30,31)/t18-,19+,20?,21+,23?,24?,26?,27-,28+,29+/m1/s1. The van der Waals surface area contributed by atoms with E-state index in [1.165, 1.54) is 32.1 Å². The molecule has 10 atom stereocenters. The second kappa shape index (κ2) is 6.86. The third-order valence-electron chi connectivity index (χ3n) is 12.8. The molecule has 2 heteroatoms. The monoisotopic (exact) mass is 426 g/mol. The van der Waals surface area contributed by atoms with Gasteiger partial charge in [0, 0.05) is 0 Å². The fraction of sp³-hybridized carbons (Fsp3) is 0.897. The third-order valence-corrected chi connectivity index (χ3v) is 12.8. The molecule has 4 fully saturated rings. The van der Waals surface area contributed by atoms with Crippen LogP contribution in [0.3, 0.4) is 0 Å². The number of rotatable bonds is 1. The zero-order chi connectivity index (χ0) is 22.4. The molecular formula is C29H46O2. The highest BCUT2D eigenvalue weighted by Crippen LogP contribution is 2.74. The van der Waals surface area contributed by atoms with Gasteiger partial charge in [-0.25, -0.2) is 0 Å². The van der Waals surface area contributed by atoms with Gasteiger partial charge in [-0.2, -0.15) is 0 Å². The van der Waals surface area contributed by atoms with E-state index in [0.717, 1.165) is 55.8 Å². The Bertz CT molecular complexity index is 799. The topological polar surface area (TPSA) is 37.3 Å². The Labute approximate surface area is 190 Å². The van der Waals surface area contributed by atoms with Crippen molar-refractivity contribution in [3.63, 3.8) is 0 Å². The summed E-state index contributed by atoms with van der Waals surface area (Å²) < 4.78 is 0. The summed E-state index contributed by atoms with van der Waals surface area (Å²) in [5.74, 6) is 3.73. The highest BCUT2D eigenvalue weighted by molar-refractivity contribution is 5.76. The van der Waals surface area contributed by atoms with Gasteiger partial charge in [0.05, 0.1) is 5.41 Å². The highest BCUT2D eigenvalue weighted by Gasteiger charge is 2.67. The predicted octanol–water partition coefficient (Wildman–Crippen LogP) is 7.73. The van der Waals surface area contributed by atoms with Gasteiger partial charge >= 0.3 is 5.97 Å². The van der Waals surface area contributed by atoms with Gasteiger partial charge in [0.1, 0.15) is 0 Å². The van der Waals surface area contributed by atoms with Gasteiger partial charge in [-0.15, -0.1) is 0 Å². The predicted molar refractivity (Wildman–Crippen MR) is 127 cm³/mol. The molecule has 4 unspecified atom stereocenters. The molecule has 0 aromatic carbocycles. The molecule has 174 valence electrons. The van der Waals surface area contributed by atoms with Crippen LogP contribution in [-0.2, 0) is 4.79 Å². The maximum atomic E-state index is 12.6. The van der Waals surface area contributed by atoms with Crippen molar-refractivity contribution in [3.8, 4) is 0 Å². The van der Waals surface area contributed by atoms with E-state index < -0.39 is 11.4 Å².